The number of halogens is 1. The number of hydrogen-bond donors (Lipinski definition) is 3. The molecule has 1 aromatic heterocycles. The molecule has 0 fully saturated rings. The number of nitrogens with zero attached hydrogens (tertiary/aromatic N) is 3. The summed E-state index contributed by atoms with van der Waals surface area (Å²) in [5.41, 5.74) is -0.0672. The number of rotatable bonds is 3. The van der Waals surface area contributed by atoms with E-state index in [0.29, 0.717) is 5.52 Å². The van der Waals surface area contributed by atoms with Crippen LogP contribution in [0.5, 0.6) is 11.6 Å². The Morgan fingerprint density at radius 1 is 1.20 bits per heavy atom. The molecule has 0 bridgehead atoms. The average molecular weight is 361 g/mol. The number of carbonyl (C=O) groups excluding carboxylic acids is 1. The Labute approximate surface area is 144 Å². The van der Waals surface area contributed by atoms with Crippen molar-refractivity contribution in [2.24, 2.45) is 10.2 Å². The minimum Gasteiger partial charge on any atom is -0.507 e. The number of carbonyl (C=O) groups is 1. The van der Waals surface area contributed by atoms with Crippen molar-refractivity contribution in [3.8, 4) is 11.6 Å². The van der Waals surface area contributed by atoms with Crippen LogP contribution >= 0.6 is 11.6 Å². The Hall–Kier alpha value is -3.46. The fourth-order valence-electron chi connectivity index (χ4n) is 2.20. The number of nitrogens with one attached hydrogen (secondary N) is 1. The zero-order valence-electron chi connectivity index (χ0n) is 12.3. The number of hydrogen-bond acceptors (Lipinski definition) is 6. The predicted molar refractivity (Wildman–Crippen MR) is 88.6 cm³/mol. The van der Waals surface area contributed by atoms with Crippen LogP contribution in [0.1, 0.15) is 10.4 Å². The van der Waals surface area contributed by atoms with Gasteiger partial charge in [0.2, 0.25) is 5.88 Å². The summed E-state index contributed by atoms with van der Waals surface area (Å²) in [5, 5.41) is 38.0. The molecule has 3 rings (SSSR count). The van der Waals surface area contributed by atoms with Gasteiger partial charge in [0, 0.05) is 22.5 Å². The van der Waals surface area contributed by atoms with Gasteiger partial charge in [-0.1, -0.05) is 11.6 Å². The molecular weight excluding hydrogens is 352 g/mol. The summed E-state index contributed by atoms with van der Waals surface area (Å²) >= 11 is 5.69. The number of non-ortho nitro benzene ring substituents is 1. The summed E-state index contributed by atoms with van der Waals surface area (Å²) in [4.78, 5) is 24.9. The Morgan fingerprint density at radius 3 is 2.64 bits per heavy atom. The SMILES string of the molecule is O=C(N=Nc1c(O)[nH]c2ccc([N+](=O)[O-])cc12)c1ccc(Cl)cc1O. The number of benzene rings is 2. The number of aromatic nitrogens is 1. The van der Waals surface area contributed by atoms with Gasteiger partial charge in [0.1, 0.15) is 5.75 Å². The second-order valence-corrected chi connectivity index (χ2v) is 5.41. The van der Waals surface area contributed by atoms with Crippen molar-refractivity contribution in [3.63, 3.8) is 0 Å². The highest BCUT2D eigenvalue weighted by atomic mass is 35.5. The van der Waals surface area contributed by atoms with Gasteiger partial charge in [-0.2, -0.15) is 0 Å². The van der Waals surface area contributed by atoms with E-state index in [1.165, 1.54) is 36.4 Å². The molecule has 1 heterocycles. The first kappa shape index (κ1) is 16.4. The van der Waals surface area contributed by atoms with E-state index in [1.54, 1.807) is 0 Å². The van der Waals surface area contributed by atoms with Crippen LogP contribution in [-0.2, 0) is 0 Å². The third-order valence-corrected chi connectivity index (χ3v) is 3.61. The molecule has 0 saturated heterocycles. The molecule has 0 spiro atoms. The van der Waals surface area contributed by atoms with Gasteiger partial charge in [-0.25, -0.2) is 0 Å². The number of azo groups is 1. The first-order valence-corrected chi connectivity index (χ1v) is 7.18. The van der Waals surface area contributed by atoms with Gasteiger partial charge in [-0.3, -0.25) is 14.9 Å². The summed E-state index contributed by atoms with van der Waals surface area (Å²) in [7, 11) is 0. The molecular formula is C15H9ClN4O5. The molecule has 126 valence electrons. The van der Waals surface area contributed by atoms with Crippen LogP contribution in [0.4, 0.5) is 11.4 Å². The molecule has 0 atom stereocenters. The van der Waals surface area contributed by atoms with Gasteiger partial charge in [0.05, 0.1) is 16.0 Å². The monoisotopic (exact) mass is 360 g/mol. The molecule has 0 aliphatic carbocycles. The number of nitro benzene ring substituents is 1. The van der Waals surface area contributed by atoms with Gasteiger partial charge >= 0.3 is 0 Å². The van der Waals surface area contributed by atoms with Crippen LogP contribution in [0.25, 0.3) is 10.9 Å². The molecule has 2 aromatic carbocycles. The number of nitro groups is 1. The number of aromatic amines is 1. The van der Waals surface area contributed by atoms with E-state index in [2.05, 4.69) is 15.2 Å². The molecule has 10 heteroatoms. The van der Waals surface area contributed by atoms with Crippen molar-refractivity contribution < 1.29 is 19.9 Å². The van der Waals surface area contributed by atoms with Crippen LogP contribution in [0, 0.1) is 10.1 Å². The maximum Gasteiger partial charge on any atom is 0.299 e. The Morgan fingerprint density at radius 2 is 1.96 bits per heavy atom. The van der Waals surface area contributed by atoms with E-state index < -0.39 is 16.7 Å². The molecule has 0 saturated carbocycles. The first-order chi connectivity index (χ1) is 11.9. The van der Waals surface area contributed by atoms with Crippen LogP contribution < -0.4 is 0 Å². The van der Waals surface area contributed by atoms with Gasteiger partial charge < -0.3 is 15.2 Å². The average Bonchev–Trinajstić information content (AvgIpc) is 2.87. The fourth-order valence-corrected chi connectivity index (χ4v) is 2.37. The van der Waals surface area contributed by atoms with Crippen molar-refractivity contribution in [1.82, 2.24) is 4.98 Å². The van der Waals surface area contributed by atoms with Gasteiger partial charge in [-0.05, 0) is 24.3 Å². The Bertz CT molecular complexity index is 1040. The third-order valence-electron chi connectivity index (χ3n) is 3.38. The highest BCUT2D eigenvalue weighted by molar-refractivity contribution is 6.30. The number of aromatic hydroxyl groups is 2. The standard InChI is InChI=1S/C15H9ClN4O5/c16-7-1-3-9(12(21)5-7)14(22)19-18-13-10-6-8(20(24)25)2-4-11(10)17-15(13)23/h1-6,17,21,23H. The lowest BCUT2D eigenvalue weighted by Gasteiger charge is -1.99. The number of amides is 1. The highest BCUT2D eigenvalue weighted by Gasteiger charge is 2.16. The van der Waals surface area contributed by atoms with Crippen LogP contribution in [-0.4, -0.2) is 26.0 Å². The molecule has 0 unspecified atom stereocenters. The maximum absolute atomic E-state index is 12.0. The lowest BCUT2D eigenvalue weighted by molar-refractivity contribution is -0.384. The molecule has 1 amide bonds. The van der Waals surface area contributed by atoms with E-state index in [4.69, 9.17) is 11.6 Å². The normalized spacial score (nSPS) is 11.2. The minimum absolute atomic E-state index is 0.125. The molecule has 3 aromatic rings. The highest BCUT2D eigenvalue weighted by Crippen LogP contribution is 2.37. The minimum atomic E-state index is -0.867. The summed E-state index contributed by atoms with van der Waals surface area (Å²) in [6.45, 7) is 0. The van der Waals surface area contributed by atoms with Crippen molar-refractivity contribution in [1.29, 1.82) is 0 Å². The summed E-state index contributed by atoms with van der Waals surface area (Å²) < 4.78 is 0. The summed E-state index contributed by atoms with van der Waals surface area (Å²) in [6.07, 6.45) is 0. The topological polar surface area (TPSA) is 141 Å². The van der Waals surface area contributed by atoms with Crippen molar-refractivity contribution in [2.45, 2.75) is 0 Å². The smallest absolute Gasteiger partial charge is 0.299 e. The zero-order chi connectivity index (χ0) is 18.1. The third kappa shape index (κ3) is 3.12. The fraction of sp³-hybridized carbons (Fsp3) is 0. The number of H-pyrrole nitrogens is 1. The van der Waals surface area contributed by atoms with Gasteiger partial charge in [0.15, 0.2) is 5.69 Å². The Kier molecular flexibility index (Phi) is 4.07. The zero-order valence-corrected chi connectivity index (χ0v) is 13.1. The van der Waals surface area contributed by atoms with E-state index in [-0.39, 0.29) is 33.1 Å². The van der Waals surface area contributed by atoms with Crippen molar-refractivity contribution in [3.05, 3.63) is 57.1 Å². The second kappa shape index (κ2) is 6.21. The van der Waals surface area contributed by atoms with Crippen molar-refractivity contribution in [2.75, 3.05) is 0 Å². The van der Waals surface area contributed by atoms with E-state index >= 15 is 0 Å². The second-order valence-electron chi connectivity index (χ2n) is 4.98. The first-order valence-electron chi connectivity index (χ1n) is 6.80. The summed E-state index contributed by atoms with van der Waals surface area (Å²) in [6, 6.07) is 7.71. The maximum atomic E-state index is 12.0. The van der Waals surface area contributed by atoms with E-state index in [0.717, 1.165) is 0 Å². The lowest BCUT2D eigenvalue weighted by atomic mass is 10.2. The van der Waals surface area contributed by atoms with Crippen LogP contribution in [0.15, 0.2) is 46.6 Å². The molecule has 0 radical (unpaired) electrons. The van der Waals surface area contributed by atoms with E-state index in [9.17, 15) is 25.1 Å². The molecule has 0 aliphatic rings. The molecule has 9 nitrogen and oxygen atoms in total. The van der Waals surface area contributed by atoms with Gasteiger partial charge in [-0.15, -0.1) is 10.2 Å². The summed E-state index contributed by atoms with van der Waals surface area (Å²) in [5.74, 6) is -1.63. The Balaban J connectivity index is 2.00. The quantitative estimate of drug-likeness (QED) is 0.366. The molecule has 0 aliphatic heterocycles. The molecule has 3 N–H and O–H groups in total. The number of phenolic OH excluding ortho intramolecular Hbond substituents is 1. The van der Waals surface area contributed by atoms with Gasteiger partial charge in [0.25, 0.3) is 11.6 Å². The lowest BCUT2D eigenvalue weighted by Crippen LogP contribution is -1.94. The number of fused-ring (bicyclic) bond motifs is 1. The van der Waals surface area contributed by atoms with Crippen LogP contribution in [0.3, 0.4) is 0 Å². The largest absolute Gasteiger partial charge is 0.507 e. The number of phenols is 1. The van der Waals surface area contributed by atoms with Crippen LogP contribution in [0.2, 0.25) is 5.02 Å². The predicted octanol–water partition coefficient (Wildman–Crippen LogP) is 4.06. The van der Waals surface area contributed by atoms with E-state index in [1.807, 2.05) is 0 Å². The molecule has 25 heavy (non-hydrogen) atoms. The van der Waals surface area contributed by atoms with Crippen molar-refractivity contribution >= 4 is 39.8 Å².